The van der Waals surface area contributed by atoms with Crippen molar-refractivity contribution in [3.05, 3.63) is 59.2 Å². The second-order valence-corrected chi connectivity index (χ2v) is 11.4. The van der Waals surface area contributed by atoms with Gasteiger partial charge in [-0.1, -0.05) is 30.3 Å². The Morgan fingerprint density at radius 1 is 0.837 bits per heavy atom. The van der Waals surface area contributed by atoms with Gasteiger partial charge in [0.15, 0.2) is 0 Å². The van der Waals surface area contributed by atoms with Gasteiger partial charge in [0.1, 0.15) is 18.5 Å². The number of aliphatic hydroxyl groups excluding tert-OH is 1. The van der Waals surface area contributed by atoms with Crippen LogP contribution >= 0.6 is 0 Å². The Bertz CT molecular complexity index is 1050. The summed E-state index contributed by atoms with van der Waals surface area (Å²) in [5, 5.41) is 10.3. The molecule has 240 valence electrons. The lowest BCUT2D eigenvalue weighted by molar-refractivity contribution is -0.0928. The number of methoxy groups -OCH3 is 3. The molecule has 0 aromatic heterocycles. The van der Waals surface area contributed by atoms with Gasteiger partial charge in [-0.25, -0.2) is 0 Å². The molecule has 4 rings (SSSR count). The number of rotatable bonds is 19. The van der Waals surface area contributed by atoms with Crippen LogP contribution in [0.5, 0.6) is 5.75 Å². The fourth-order valence-corrected chi connectivity index (χ4v) is 5.97. The van der Waals surface area contributed by atoms with E-state index >= 15 is 0 Å². The molecule has 1 saturated carbocycles. The first kappa shape index (κ1) is 33.6. The van der Waals surface area contributed by atoms with E-state index in [1.807, 2.05) is 0 Å². The third-order valence-corrected chi connectivity index (χ3v) is 8.13. The van der Waals surface area contributed by atoms with Crippen LogP contribution in [0.1, 0.15) is 54.7 Å². The molecule has 0 spiro atoms. The van der Waals surface area contributed by atoms with Crippen molar-refractivity contribution in [2.75, 3.05) is 79.0 Å². The molecule has 1 N–H and O–H groups in total. The molecule has 1 fully saturated rings. The number of anilines is 1. The van der Waals surface area contributed by atoms with E-state index in [0.29, 0.717) is 33.0 Å². The van der Waals surface area contributed by atoms with Crippen LogP contribution < -0.4 is 9.64 Å². The van der Waals surface area contributed by atoms with Gasteiger partial charge in [-0.15, -0.1) is 0 Å². The van der Waals surface area contributed by atoms with E-state index in [4.69, 9.17) is 33.2 Å². The maximum atomic E-state index is 10.3. The van der Waals surface area contributed by atoms with Crippen LogP contribution in [-0.2, 0) is 41.6 Å². The molecule has 1 aliphatic carbocycles. The Morgan fingerprint density at radius 2 is 1.58 bits per heavy atom. The van der Waals surface area contributed by atoms with Crippen LogP contribution in [0, 0.1) is 0 Å². The zero-order valence-electron chi connectivity index (χ0n) is 26.2. The van der Waals surface area contributed by atoms with Gasteiger partial charge in [0.25, 0.3) is 0 Å². The molecule has 1 aliphatic heterocycles. The average Bonchev–Trinajstić information content (AvgIpc) is 3.03. The molecule has 1 heterocycles. The molecule has 4 atom stereocenters. The predicted octanol–water partition coefficient (Wildman–Crippen LogP) is 4.72. The van der Waals surface area contributed by atoms with Crippen LogP contribution in [0.25, 0.3) is 0 Å². The normalized spacial score (nSPS) is 20.9. The van der Waals surface area contributed by atoms with Crippen LogP contribution in [0.15, 0.2) is 42.5 Å². The number of hydrogen-bond donors (Lipinski definition) is 1. The van der Waals surface area contributed by atoms with Gasteiger partial charge in [-0.05, 0) is 60.9 Å². The maximum absolute atomic E-state index is 10.3. The monoisotopic (exact) mass is 601 g/mol. The number of fused-ring (bicyclic) bond motifs is 1. The Labute approximate surface area is 257 Å². The Balaban J connectivity index is 1.45. The highest BCUT2D eigenvalue weighted by Crippen LogP contribution is 2.39. The minimum Gasteiger partial charge on any atom is -0.490 e. The lowest BCUT2D eigenvalue weighted by Gasteiger charge is -2.39. The number of ether oxygens (including phenoxy) is 7. The molecule has 2 aromatic carbocycles. The van der Waals surface area contributed by atoms with Crippen molar-refractivity contribution in [1.82, 2.24) is 0 Å². The van der Waals surface area contributed by atoms with Gasteiger partial charge in [0.2, 0.25) is 0 Å². The first-order valence-corrected chi connectivity index (χ1v) is 15.7. The summed E-state index contributed by atoms with van der Waals surface area (Å²) >= 11 is 0. The van der Waals surface area contributed by atoms with Crippen molar-refractivity contribution in [3.8, 4) is 5.75 Å². The van der Waals surface area contributed by atoms with E-state index < -0.39 is 6.10 Å². The van der Waals surface area contributed by atoms with E-state index in [1.165, 1.54) is 5.56 Å². The van der Waals surface area contributed by atoms with E-state index in [2.05, 4.69) is 47.4 Å². The van der Waals surface area contributed by atoms with Crippen molar-refractivity contribution >= 4 is 5.69 Å². The molecular weight excluding hydrogens is 550 g/mol. The second kappa shape index (κ2) is 18.5. The van der Waals surface area contributed by atoms with Crippen molar-refractivity contribution in [2.45, 2.75) is 69.5 Å². The fraction of sp³-hybridized carbons (Fsp3) is 0.647. The number of hydrogen-bond acceptors (Lipinski definition) is 9. The van der Waals surface area contributed by atoms with E-state index in [0.717, 1.165) is 74.4 Å². The average molecular weight is 602 g/mol. The van der Waals surface area contributed by atoms with Crippen molar-refractivity contribution < 1.29 is 38.3 Å². The third-order valence-electron chi connectivity index (χ3n) is 8.13. The van der Waals surface area contributed by atoms with Crippen LogP contribution in [-0.4, -0.2) is 97.5 Å². The highest BCUT2D eigenvalue weighted by molar-refractivity contribution is 5.61. The summed E-state index contributed by atoms with van der Waals surface area (Å²) in [7, 11) is 5.04. The van der Waals surface area contributed by atoms with Gasteiger partial charge in [-0.3, -0.25) is 0 Å². The molecular formula is C34H51NO8. The molecule has 0 radical (unpaired) electrons. The Morgan fingerprint density at radius 3 is 2.35 bits per heavy atom. The van der Waals surface area contributed by atoms with Gasteiger partial charge in [0.05, 0.1) is 50.9 Å². The summed E-state index contributed by atoms with van der Waals surface area (Å²) in [5.41, 5.74) is 4.56. The number of nitrogens with zero attached hydrogens (tertiary/aromatic N) is 1. The quantitative estimate of drug-likeness (QED) is 0.230. The summed E-state index contributed by atoms with van der Waals surface area (Å²) in [6.07, 6.45) is 3.99. The molecule has 43 heavy (non-hydrogen) atoms. The molecule has 9 heteroatoms. The summed E-state index contributed by atoms with van der Waals surface area (Å²) in [6, 6.07) is 15.0. The van der Waals surface area contributed by atoms with Crippen LogP contribution in [0.2, 0.25) is 0 Å². The minimum absolute atomic E-state index is 0.0143. The smallest absolute Gasteiger partial charge is 0.142 e. The molecule has 0 amide bonds. The lowest BCUT2D eigenvalue weighted by Crippen LogP contribution is -2.39. The lowest BCUT2D eigenvalue weighted by atomic mass is 9.79. The van der Waals surface area contributed by atoms with Gasteiger partial charge >= 0.3 is 0 Å². The van der Waals surface area contributed by atoms with Crippen molar-refractivity contribution in [2.24, 2.45) is 0 Å². The van der Waals surface area contributed by atoms with Crippen LogP contribution in [0.4, 0.5) is 5.69 Å². The van der Waals surface area contributed by atoms with Crippen molar-refractivity contribution in [1.29, 1.82) is 0 Å². The molecule has 0 unspecified atom stereocenters. The summed E-state index contributed by atoms with van der Waals surface area (Å²) in [6.45, 7) is 6.18. The SMILES string of the molecule is COCCCOCc1ccc([C@@H]2[C@@H](OCc3ccc4c(c3)N(CCCOC)CCO4)CCC[C@H]2OC[C@H](O)COC)cc1. The first-order valence-electron chi connectivity index (χ1n) is 15.7. The maximum Gasteiger partial charge on any atom is 0.142 e. The summed E-state index contributed by atoms with van der Waals surface area (Å²) < 4.78 is 40.3. The molecule has 2 aliphatic rings. The van der Waals surface area contributed by atoms with Gasteiger partial charge in [0, 0.05) is 53.6 Å². The number of benzene rings is 2. The minimum atomic E-state index is -0.658. The molecule has 2 aromatic rings. The van der Waals surface area contributed by atoms with Crippen molar-refractivity contribution in [3.63, 3.8) is 0 Å². The molecule has 0 bridgehead atoms. The van der Waals surface area contributed by atoms with Crippen LogP contribution in [0.3, 0.4) is 0 Å². The largest absolute Gasteiger partial charge is 0.490 e. The summed E-state index contributed by atoms with van der Waals surface area (Å²) in [5.74, 6) is 0.973. The predicted molar refractivity (Wildman–Crippen MR) is 166 cm³/mol. The second-order valence-electron chi connectivity index (χ2n) is 11.4. The van der Waals surface area contributed by atoms with Gasteiger partial charge < -0.3 is 43.2 Å². The zero-order chi connectivity index (χ0) is 30.3. The van der Waals surface area contributed by atoms with E-state index in [-0.39, 0.29) is 31.3 Å². The third kappa shape index (κ3) is 10.4. The first-order chi connectivity index (χ1) is 21.1. The van der Waals surface area contributed by atoms with Gasteiger partial charge in [-0.2, -0.15) is 0 Å². The summed E-state index contributed by atoms with van der Waals surface area (Å²) in [4.78, 5) is 2.38. The highest BCUT2D eigenvalue weighted by atomic mass is 16.5. The van der Waals surface area contributed by atoms with E-state index in [9.17, 15) is 5.11 Å². The highest BCUT2D eigenvalue weighted by Gasteiger charge is 2.36. The Hall–Kier alpha value is -2.24. The standard InChI is InChI=1S/C34H51NO8/c1-37-17-5-15-35-16-20-41-31-14-11-27(21-30(31)35)23-42-32-7-4-8-33(43-25-29(36)24-39-3)34(32)28-12-9-26(10-13-28)22-40-19-6-18-38-2/h9-14,21,29,32-34,36H,4-8,15-20,22-25H2,1-3H3/t29-,32+,33-,34-/m1/s1. The number of aliphatic hydroxyl groups is 1. The molecule has 0 saturated heterocycles. The van der Waals surface area contributed by atoms with E-state index in [1.54, 1.807) is 21.3 Å². The molecule has 9 nitrogen and oxygen atoms in total. The Kier molecular flexibility index (Phi) is 14.5. The zero-order valence-corrected chi connectivity index (χ0v) is 26.2. The topological polar surface area (TPSA) is 88.1 Å². The fourth-order valence-electron chi connectivity index (χ4n) is 5.97.